The molecular weight excluding hydrogens is 506 g/mol. The quantitative estimate of drug-likeness (QED) is 0.351. The molecule has 0 radical (unpaired) electrons. The summed E-state index contributed by atoms with van der Waals surface area (Å²) in [5.74, 6) is 1.69. The topological polar surface area (TPSA) is 123 Å². The summed E-state index contributed by atoms with van der Waals surface area (Å²) in [6.45, 7) is 4.94. The summed E-state index contributed by atoms with van der Waals surface area (Å²) in [6, 6.07) is 14.0. The number of rotatable bonds is 7. The van der Waals surface area contributed by atoms with E-state index < -0.39 is 9.84 Å². The average Bonchev–Trinajstić information content (AvgIpc) is 3.55. The first-order valence-corrected chi connectivity index (χ1v) is 13.9. The summed E-state index contributed by atoms with van der Waals surface area (Å²) in [6.07, 6.45) is 4.29. The van der Waals surface area contributed by atoms with Gasteiger partial charge in [-0.15, -0.1) is 10.2 Å². The maximum atomic E-state index is 13.6. The lowest BCUT2D eigenvalue weighted by Gasteiger charge is -2.21. The van der Waals surface area contributed by atoms with Gasteiger partial charge in [0.15, 0.2) is 20.7 Å². The molecule has 3 aromatic heterocycles. The second-order valence-electron chi connectivity index (χ2n) is 9.17. The number of aromatic nitrogens is 5. The van der Waals surface area contributed by atoms with Crippen LogP contribution in [0.2, 0.25) is 0 Å². The maximum absolute atomic E-state index is 13.6. The van der Waals surface area contributed by atoms with Gasteiger partial charge in [-0.25, -0.2) is 23.2 Å². The monoisotopic (exact) mass is 533 g/mol. The zero-order chi connectivity index (χ0) is 27.0. The van der Waals surface area contributed by atoms with E-state index in [0.29, 0.717) is 47.4 Å². The first-order chi connectivity index (χ1) is 18.2. The lowest BCUT2D eigenvalue weighted by Crippen LogP contribution is -2.32. The number of benzene rings is 1. The van der Waals surface area contributed by atoms with Crippen molar-refractivity contribution < 1.29 is 17.9 Å². The van der Waals surface area contributed by atoms with E-state index >= 15 is 0 Å². The van der Waals surface area contributed by atoms with E-state index in [9.17, 15) is 13.2 Å². The van der Waals surface area contributed by atoms with Crippen LogP contribution in [-0.4, -0.2) is 65.6 Å². The van der Waals surface area contributed by atoms with Gasteiger partial charge in [0.1, 0.15) is 23.6 Å². The van der Waals surface area contributed by atoms with E-state index in [4.69, 9.17) is 9.72 Å². The van der Waals surface area contributed by atoms with Gasteiger partial charge in [-0.05, 0) is 55.8 Å². The van der Waals surface area contributed by atoms with Crippen LogP contribution in [0.25, 0.3) is 22.6 Å². The van der Waals surface area contributed by atoms with E-state index in [0.717, 1.165) is 11.8 Å². The number of sulfone groups is 1. The van der Waals surface area contributed by atoms with Crippen molar-refractivity contribution in [2.45, 2.75) is 24.9 Å². The molecule has 0 saturated carbocycles. The molecule has 0 bridgehead atoms. The molecule has 1 saturated heterocycles. The van der Waals surface area contributed by atoms with E-state index in [2.05, 4.69) is 15.2 Å². The fourth-order valence-corrected chi connectivity index (χ4v) is 4.89. The van der Waals surface area contributed by atoms with Crippen molar-refractivity contribution in [2.75, 3.05) is 36.3 Å². The van der Waals surface area contributed by atoms with Crippen LogP contribution in [0.3, 0.4) is 0 Å². The summed E-state index contributed by atoms with van der Waals surface area (Å²) < 4.78 is 31.0. The van der Waals surface area contributed by atoms with Gasteiger partial charge in [-0.3, -0.25) is 9.80 Å². The predicted molar refractivity (Wildman–Crippen MR) is 143 cm³/mol. The Morgan fingerprint density at radius 2 is 1.76 bits per heavy atom. The van der Waals surface area contributed by atoms with Gasteiger partial charge in [-0.2, -0.15) is 0 Å². The van der Waals surface area contributed by atoms with Crippen molar-refractivity contribution in [3.8, 4) is 28.4 Å². The summed E-state index contributed by atoms with van der Waals surface area (Å²) in [7, 11) is -1.85. The standard InChI is InChI=1S/C26H27N7O4S/c1-17(2)33-16-28-30-25(33)20-6-5-7-23(29-20)32-13-12-31(26(32)34)21-14-18(8-10-22(21)37-3)19-9-11-24(27-15-19)38(4,35)36/h5-11,14-17H,12-13H2,1-4H3. The number of urea groups is 1. The summed E-state index contributed by atoms with van der Waals surface area (Å²) >= 11 is 0. The maximum Gasteiger partial charge on any atom is 0.330 e. The van der Waals surface area contributed by atoms with E-state index in [1.54, 1.807) is 41.4 Å². The van der Waals surface area contributed by atoms with E-state index in [1.165, 1.54) is 12.3 Å². The lowest BCUT2D eigenvalue weighted by atomic mass is 10.1. The van der Waals surface area contributed by atoms with E-state index in [1.807, 2.05) is 42.7 Å². The highest BCUT2D eigenvalue weighted by atomic mass is 32.2. The number of anilines is 2. The minimum absolute atomic E-state index is 0.00159. The number of amides is 2. The van der Waals surface area contributed by atoms with Gasteiger partial charge in [-0.1, -0.05) is 12.1 Å². The van der Waals surface area contributed by atoms with Gasteiger partial charge >= 0.3 is 6.03 Å². The molecule has 4 aromatic rings. The normalized spacial score (nSPS) is 14.0. The molecular formula is C26H27N7O4S. The molecule has 0 aliphatic carbocycles. The van der Waals surface area contributed by atoms with Crippen molar-refractivity contribution >= 4 is 27.4 Å². The number of methoxy groups -OCH3 is 1. The number of carbonyl (C=O) groups excluding carboxylic acids is 1. The SMILES string of the molecule is COc1ccc(-c2ccc(S(C)(=O)=O)nc2)cc1N1CCN(c2cccc(-c3nncn3C(C)C)n2)C1=O. The molecule has 0 spiro atoms. The van der Waals surface area contributed by atoms with Crippen LogP contribution in [-0.2, 0) is 9.84 Å². The Bertz CT molecular complexity index is 1600. The molecule has 12 heteroatoms. The van der Waals surface area contributed by atoms with E-state index in [-0.39, 0.29) is 17.1 Å². The Morgan fingerprint density at radius 1 is 1.00 bits per heavy atom. The van der Waals surface area contributed by atoms with Gasteiger partial charge in [0.2, 0.25) is 0 Å². The fraction of sp³-hybridized carbons (Fsp3) is 0.269. The molecule has 0 unspecified atom stereocenters. The minimum atomic E-state index is -3.40. The number of nitrogens with zero attached hydrogens (tertiary/aromatic N) is 7. The first-order valence-electron chi connectivity index (χ1n) is 12.0. The van der Waals surface area contributed by atoms with Crippen LogP contribution in [0.15, 0.2) is 66.1 Å². The van der Waals surface area contributed by atoms with Crippen molar-refractivity contribution in [1.82, 2.24) is 24.7 Å². The van der Waals surface area contributed by atoms with Crippen LogP contribution in [0.4, 0.5) is 16.3 Å². The third kappa shape index (κ3) is 4.70. The molecule has 1 aromatic carbocycles. The van der Waals surface area contributed by atoms with Gasteiger partial charge in [0.25, 0.3) is 0 Å². The molecule has 2 amide bonds. The van der Waals surface area contributed by atoms with Crippen molar-refractivity contribution in [2.24, 2.45) is 0 Å². The third-order valence-corrected chi connectivity index (χ3v) is 7.30. The van der Waals surface area contributed by atoms with Crippen LogP contribution in [0.1, 0.15) is 19.9 Å². The second-order valence-corrected chi connectivity index (χ2v) is 11.1. The van der Waals surface area contributed by atoms with Crippen LogP contribution in [0, 0.1) is 0 Å². The zero-order valence-electron chi connectivity index (χ0n) is 21.4. The highest BCUT2D eigenvalue weighted by molar-refractivity contribution is 7.90. The largest absolute Gasteiger partial charge is 0.495 e. The highest BCUT2D eigenvalue weighted by Crippen LogP contribution is 2.36. The van der Waals surface area contributed by atoms with Crippen molar-refractivity contribution in [1.29, 1.82) is 0 Å². The molecule has 0 atom stereocenters. The molecule has 1 aliphatic rings. The predicted octanol–water partition coefficient (Wildman–Crippen LogP) is 3.84. The van der Waals surface area contributed by atoms with Crippen molar-refractivity contribution in [3.05, 3.63) is 61.1 Å². The molecule has 0 N–H and O–H groups in total. The highest BCUT2D eigenvalue weighted by Gasteiger charge is 2.33. The second kappa shape index (κ2) is 9.86. The Hall–Kier alpha value is -4.32. The molecule has 4 heterocycles. The van der Waals surface area contributed by atoms with Crippen LogP contribution in [0.5, 0.6) is 5.75 Å². The van der Waals surface area contributed by atoms with Gasteiger partial charge in [0, 0.05) is 37.1 Å². The Labute approximate surface area is 220 Å². The van der Waals surface area contributed by atoms with Gasteiger partial charge < -0.3 is 9.30 Å². The molecule has 38 heavy (non-hydrogen) atoms. The van der Waals surface area contributed by atoms with Crippen molar-refractivity contribution in [3.63, 3.8) is 0 Å². The van der Waals surface area contributed by atoms with Gasteiger partial charge in [0.05, 0.1) is 12.8 Å². The Morgan fingerprint density at radius 3 is 2.45 bits per heavy atom. The zero-order valence-corrected chi connectivity index (χ0v) is 22.3. The minimum Gasteiger partial charge on any atom is -0.495 e. The summed E-state index contributed by atoms with van der Waals surface area (Å²) in [4.78, 5) is 25.7. The number of hydrogen-bond acceptors (Lipinski definition) is 8. The number of ether oxygens (including phenoxy) is 1. The molecule has 5 rings (SSSR count). The molecule has 1 aliphatic heterocycles. The van der Waals surface area contributed by atoms with Crippen LogP contribution < -0.4 is 14.5 Å². The lowest BCUT2D eigenvalue weighted by molar-refractivity contribution is 0.255. The summed E-state index contributed by atoms with van der Waals surface area (Å²) in [5.41, 5.74) is 2.71. The number of hydrogen-bond donors (Lipinski definition) is 0. The number of carbonyl (C=O) groups is 1. The smallest absolute Gasteiger partial charge is 0.330 e. The van der Waals surface area contributed by atoms with Crippen LogP contribution >= 0.6 is 0 Å². The fourth-order valence-electron chi connectivity index (χ4n) is 4.33. The Kier molecular flexibility index (Phi) is 6.57. The summed E-state index contributed by atoms with van der Waals surface area (Å²) in [5, 5.41) is 8.24. The first kappa shape index (κ1) is 25.3. The third-order valence-electron chi connectivity index (χ3n) is 6.30. The average molecular weight is 534 g/mol. The molecule has 1 fully saturated rings. The molecule has 196 valence electrons. The number of pyridine rings is 2. The molecule has 11 nitrogen and oxygen atoms in total. The Balaban J connectivity index is 1.45.